The van der Waals surface area contributed by atoms with Gasteiger partial charge >= 0.3 is 135 Å². The van der Waals surface area contributed by atoms with Gasteiger partial charge in [0, 0.05) is 0 Å². The predicted molar refractivity (Wildman–Crippen MR) is 31.2 cm³/mol. The fourth-order valence-corrected chi connectivity index (χ4v) is 0. The van der Waals surface area contributed by atoms with Crippen LogP contribution >= 0.6 is 15.6 Å². The van der Waals surface area contributed by atoms with Gasteiger partial charge in [0.05, 0.1) is 15.6 Å². The molecule has 2 N–H and O–H groups in total. The number of halogens is 2. The van der Waals surface area contributed by atoms with E-state index in [0.717, 1.165) is 0 Å². The Balaban J connectivity index is -0.00000000970. The average molecular weight is 389 g/mol. The third-order valence-electron chi connectivity index (χ3n) is 0. The zero-order chi connectivity index (χ0) is 9.00. The van der Waals surface area contributed by atoms with Crippen molar-refractivity contribution in [3.8, 4) is 0 Å². The molecule has 0 bridgehead atoms. The molecule has 0 rings (SSSR count). The van der Waals surface area contributed by atoms with Crippen LogP contribution in [-0.2, 0) is 9.13 Å². The van der Waals surface area contributed by atoms with Crippen LogP contribution in [0.4, 0.5) is 0 Å². The first kappa shape index (κ1) is 49.6. The van der Waals surface area contributed by atoms with E-state index in [1.165, 1.54) is 0 Å². The summed E-state index contributed by atoms with van der Waals surface area (Å²) in [5, 5.41) is 0. The molecule has 0 radical (unpaired) electrons. The van der Waals surface area contributed by atoms with Gasteiger partial charge in [0.1, 0.15) is 0 Å². The first-order chi connectivity index (χ1) is 4.00. The summed E-state index contributed by atoms with van der Waals surface area (Å²) in [5.74, 6) is 0. The monoisotopic (exact) mass is 388 g/mol. The van der Waals surface area contributed by atoms with Crippen LogP contribution in [0.1, 0.15) is 0 Å². The minimum absolute atomic E-state index is 0. The molecule has 0 fully saturated rings. The summed E-state index contributed by atoms with van der Waals surface area (Å²) in [7, 11) is -10.3. The standard InChI is InChI=1S/2Ca.2ClH.2Na.2H3O4P/c;;;;;;2*1-5(2,3)4/h;;2*1H;;;2*(H3,1,2,3,4)/q2*+2;;;2*+1;;/p-6. The largest absolute Gasteiger partial charge is 2.00 e. The van der Waals surface area contributed by atoms with E-state index in [0.29, 0.717) is 0 Å². The molecular formula is H2Ca2Cl2Na2O8P2. The van der Waals surface area contributed by atoms with Gasteiger partial charge in [0.2, 0.25) is 0 Å². The Kier molecular flexibility index (Phi) is 78.4. The molecule has 0 aromatic rings. The Labute approximate surface area is 209 Å². The van der Waals surface area contributed by atoms with Crippen LogP contribution in [0.2, 0.25) is 0 Å². The van der Waals surface area contributed by atoms with E-state index < -0.39 is 15.6 Å². The molecule has 0 heterocycles. The van der Waals surface area contributed by atoms with Gasteiger partial charge < -0.3 is 63.3 Å². The van der Waals surface area contributed by atoms with Crippen LogP contribution in [0.3, 0.4) is 0 Å². The molecule has 0 unspecified atom stereocenters. The van der Waals surface area contributed by atoms with Gasteiger partial charge in [0.25, 0.3) is 0 Å². The summed E-state index contributed by atoms with van der Waals surface area (Å²) in [6.07, 6.45) is 0. The van der Waals surface area contributed by atoms with Crippen molar-refractivity contribution in [2.45, 2.75) is 0 Å². The quantitative estimate of drug-likeness (QED) is 0.304. The van der Waals surface area contributed by atoms with E-state index in [1.807, 2.05) is 0 Å². The molecule has 0 saturated heterocycles. The minimum Gasteiger partial charge on any atom is -1.00 e. The van der Waals surface area contributed by atoms with Gasteiger partial charge in [-0.1, -0.05) is 0 Å². The van der Waals surface area contributed by atoms with E-state index in [1.54, 1.807) is 0 Å². The van der Waals surface area contributed by atoms with Gasteiger partial charge in [0.15, 0.2) is 0 Å². The first-order valence-corrected chi connectivity index (χ1v) is 4.49. The van der Waals surface area contributed by atoms with Crippen LogP contribution in [0.5, 0.6) is 0 Å². The van der Waals surface area contributed by atoms with Crippen LogP contribution in [0.15, 0.2) is 0 Å². The molecule has 0 aliphatic rings. The first-order valence-electron chi connectivity index (χ1n) is 1.50. The summed E-state index contributed by atoms with van der Waals surface area (Å²) in [6, 6.07) is 0. The smallest absolute Gasteiger partial charge is 1.00 e. The summed E-state index contributed by atoms with van der Waals surface area (Å²) in [4.78, 5) is 48.6. The van der Waals surface area contributed by atoms with E-state index in [2.05, 4.69) is 0 Å². The van der Waals surface area contributed by atoms with Crippen molar-refractivity contribution in [2.24, 2.45) is 0 Å². The number of hydrogen-bond acceptors (Lipinski definition) is 6. The SMILES string of the molecule is O=P([O-])([O-])O.O=P([O-])([O-])O.[Ca+2].[Ca+2].[Cl-].[Cl-].[Na+].[Na+]. The van der Waals surface area contributed by atoms with Crippen LogP contribution in [0, 0.1) is 0 Å². The topological polar surface area (TPSA) is 167 Å². The average Bonchev–Trinajstić information content (AvgIpc) is 1.12. The van der Waals surface area contributed by atoms with Gasteiger partial charge in [-0.25, -0.2) is 0 Å². The van der Waals surface area contributed by atoms with Crippen LogP contribution in [0.25, 0.3) is 0 Å². The normalized spacial score (nSPS) is 7.38. The molecule has 16 heteroatoms. The molecule has 0 aromatic heterocycles. The Morgan fingerprint density at radius 1 is 0.688 bits per heavy atom. The second kappa shape index (κ2) is 25.3. The third kappa shape index (κ3) is 229. The number of rotatable bonds is 0. The van der Waals surface area contributed by atoms with Crippen molar-refractivity contribution < 1.29 is 122 Å². The van der Waals surface area contributed by atoms with Crippen molar-refractivity contribution in [2.75, 3.05) is 0 Å². The summed E-state index contributed by atoms with van der Waals surface area (Å²) in [6.45, 7) is 0. The second-order valence-electron chi connectivity index (χ2n) is 0.937. The van der Waals surface area contributed by atoms with E-state index in [-0.39, 0.29) is 159 Å². The molecule has 0 aliphatic carbocycles. The van der Waals surface area contributed by atoms with Crippen molar-refractivity contribution in [3.63, 3.8) is 0 Å². The van der Waals surface area contributed by atoms with E-state index in [4.69, 9.17) is 38.5 Å². The molecule has 0 saturated carbocycles. The van der Waals surface area contributed by atoms with Gasteiger partial charge in [-0.05, 0) is 0 Å². The molecule has 16 heavy (non-hydrogen) atoms. The Morgan fingerprint density at radius 2 is 0.688 bits per heavy atom. The summed E-state index contributed by atoms with van der Waals surface area (Å²) >= 11 is 0. The van der Waals surface area contributed by atoms with E-state index in [9.17, 15) is 0 Å². The third-order valence-corrected chi connectivity index (χ3v) is 0. The van der Waals surface area contributed by atoms with Crippen molar-refractivity contribution >= 4 is 91.1 Å². The zero-order valence-electron chi connectivity index (χ0n) is 8.41. The summed E-state index contributed by atoms with van der Waals surface area (Å²) in [5.41, 5.74) is 0. The maximum atomic E-state index is 8.66. The fourth-order valence-electron chi connectivity index (χ4n) is 0. The molecular weight excluding hydrogens is 387 g/mol. The maximum Gasteiger partial charge on any atom is 2.00 e. The maximum absolute atomic E-state index is 8.66. The second-order valence-corrected chi connectivity index (χ2v) is 2.81. The molecule has 0 spiro atoms. The summed E-state index contributed by atoms with van der Waals surface area (Å²) < 4.78 is 17.3. The van der Waals surface area contributed by atoms with E-state index >= 15 is 0 Å². The van der Waals surface area contributed by atoms with Crippen LogP contribution < -0.4 is 104 Å². The fraction of sp³-hybridized carbons (Fsp3) is 0. The van der Waals surface area contributed by atoms with Gasteiger partial charge in [-0.15, -0.1) is 0 Å². The minimum atomic E-state index is -5.14. The van der Waals surface area contributed by atoms with Crippen molar-refractivity contribution in [1.29, 1.82) is 0 Å². The molecule has 8 nitrogen and oxygen atoms in total. The predicted octanol–water partition coefficient (Wildman–Crippen LogP) is -17.1. The Hall–Kier alpha value is 5.32. The van der Waals surface area contributed by atoms with Crippen molar-refractivity contribution in [3.05, 3.63) is 0 Å². The van der Waals surface area contributed by atoms with Crippen molar-refractivity contribution in [1.82, 2.24) is 0 Å². The Bertz CT molecular complexity index is 144. The Morgan fingerprint density at radius 3 is 0.688 bits per heavy atom. The molecule has 0 atom stereocenters. The molecule has 0 aromatic carbocycles. The zero-order valence-corrected chi connectivity index (χ0v) is 20.1. The molecule has 0 amide bonds. The van der Waals surface area contributed by atoms with Gasteiger partial charge in [-0.3, -0.25) is 0 Å². The molecule has 80 valence electrons. The number of hydrogen-bond donors (Lipinski definition) is 2. The van der Waals surface area contributed by atoms with Gasteiger partial charge in [-0.2, -0.15) is 0 Å². The molecule has 0 aliphatic heterocycles. The van der Waals surface area contributed by atoms with Crippen LogP contribution in [-0.4, -0.2) is 85.3 Å². The number of phosphoric acid groups is 2.